The predicted octanol–water partition coefficient (Wildman–Crippen LogP) is 5.62. The van der Waals surface area contributed by atoms with Gasteiger partial charge in [-0.25, -0.2) is 0 Å². The lowest BCUT2D eigenvalue weighted by Gasteiger charge is -2.36. The van der Waals surface area contributed by atoms with Gasteiger partial charge >= 0.3 is 11.9 Å². The summed E-state index contributed by atoms with van der Waals surface area (Å²) in [5.41, 5.74) is 0.781. The number of hydrogen-bond acceptors (Lipinski definition) is 9. The fourth-order valence-electron chi connectivity index (χ4n) is 5.83. The summed E-state index contributed by atoms with van der Waals surface area (Å²) in [5.74, 6) is -0.904. The third-order valence-corrected chi connectivity index (χ3v) is 9.55. The van der Waals surface area contributed by atoms with Crippen molar-refractivity contribution in [3.8, 4) is 6.07 Å². The molecule has 2 saturated heterocycles. The SMILES string of the molecule is CCOC(=O)C1CCCN(c2c(C=C3SC(=S)N(CCCCCCCCCCC(=O)O)C3=O)c(C)c(C#N)c(=O)n2CC)C1. The van der Waals surface area contributed by atoms with Crippen molar-refractivity contribution in [2.45, 2.75) is 97.9 Å². The second-order valence-corrected chi connectivity index (χ2v) is 12.9. The molecule has 1 aromatic heterocycles. The van der Waals surface area contributed by atoms with Crippen molar-refractivity contribution >= 4 is 58.0 Å². The van der Waals surface area contributed by atoms with Crippen LogP contribution >= 0.6 is 24.0 Å². The van der Waals surface area contributed by atoms with E-state index >= 15 is 0 Å². The Bertz CT molecular complexity index is 1370. The van der Waals surface area contributed by atoms with Gasteiger partial charge in [0.2, 0.25) is 0 Å². The van der Waals surface area contributed by atoms with E-state index < -0.39 is 5.97 Å². The van der Waals surface area contributed by atoms with E-state index in [4.69, 9.17) is 22.1 Å². The number of carbonyl (C=O) groups is 3. The number of ether oxygens (including phenoxy) is 1. The lowest BCUT2D eigenvalue weighted by atomic mass is 9.96. The third kappa shape index (κ3) is 8.94. The maximum atomic E-state index is 13.5. The van der Waals surface area contributed by atoms with Gasteiger partial charge in [0.15, 0.2) is 0 Å². The summed E-state index contributed by atoms with van der Waals surface area (Å²) in [7, 11) is 0. The smallest absolute Gasteiger partial charge is 0.310 e. The Kier molecular flexibility index (Phi) is 13.9. The van der Waals surface area contributed by atoms with Crippen LogP contribution in [-0.2, 0) is 25.7 Å². The number of esters is 1. The molecule has 3 heterocycles. The third-order valence-electron chi connectivity index (χ3n) is 8.17. The van der Waals surface area contributed by atoms with Crippen LogP contribution in [0.5, 0.6) is 0 Å². The highest BCUT2D eigenvalue weighted by molar-refractivity contribution is 8.26. The Hall–Kier alpha value is -3.17. The van der Waals surface area contributed by atoms with Crippen molar-refractivity contribution in [1.82, 2.24) is 9.47 Å². The first kappa shape index (κ1) is 35.3. The second-order valence-electron chi connectivity index (χ2n) is 11.2. The normalized spacial score (nSPS) is 17.8. The molecule has 3 rings (SSSR count). The number of hydrogen-bond donors (Lipinski definition) is 1. The number of thioether (sulfide) groups is 1. The van der Waals surface area contributed by atoms with Crippen molar-refractivity contribution in [2.24, 2.45) is 5.92 Å². The molecule has 1 atom stereocenters. The van der Waals surface area contributed by atoms with Gasteiger partial charge in [0, 0.05) is 38.2 Å². The number of aromatic nitrogens is 1. The minimum Gasteiger partial charge on any atom is -0.481 e. The standard InChI is InChI=1S/C32H44N4O6S2/c1-4-35-28(34-17-14-15-23(21-34)31(41)42-5-2)24(22(3)25(20-33)29(35)39)19-26-30(40)36(32(43)44-26)18-13-11-9-7-6-8-10-12-16-27(37)38/h19,23H,4-18,21H2,1-3H3,(H,37,38). The summed E-state index contributed by atoms with van der Waals surface area (Å²) in [4.78, 5) is 54.2. The number of pyridine rings is 1. The average molecular weight is 645 g/mol. The molecule has 1 unspecified atom stereocenters. The van der Waals surface area contributed by atoms with Gasteiger partial charge in [0.25, 0.3) is 11.5 Å². The molecule has 240 valence electrons. The van der Waals surface area contributed by atoms with E-state index in [9.17, 15) is 24.4 Å². The van der Waals surface area contributed by atoms with Crippen LogP contribution in [0.1, 0.15) is 101 Å². The molecule has 1 amide bonds. The highest BCUT2D eigenvalue weighted by atomic mass is 32.2. The van der Waals surface area contributed by atoms with Crippen LogP contribution in [-0.4, -0.2) is 63.0 Å². The first-order valence-corrected chi connectivity index (χ1v) is 16.9. The molecule has 1 N–H and O–H groups in total. The molecule has 2 fully saturated rings. The van der Waals surface area contributed by atoms with Crippen LogP contribution in [0.2, 0.25) is 0 Å². The van der Waals surface area contributed by atoms with Gasteiger partial charge in [-0.2, -0.15) is 5.26 Å². The lowest BCUT2D eigenvalue weighted by molar-refractivity contribution is -0.148. The molecule has 0 saturated carbocycles. The van der Waals surface area contributed by atoms with E-state index in [0.717, 1.165) is 57.8 Å². The topological polar surface area (TPSA) is 133 Å². The van der Waals surface area contributed by atoms with Gasteiger partial charge < -0.3 is 14.7 Å². The molecule has 1 aromatic rings. The minimum absolute atomic E-state index is 0.0400. The number of anilines is 1. The zero-order chi connectivity index (χ0) is 32.2. The highest BCUT2D eigenvalue weighted by Gasteiger charge is 2.34. The van der Waals surface area contributed by atoms with Gasteiger partial charge in [0.05, 0.1) is 17.4 Å². The predicted molar refractivity (Wildman–Crippen MR) is 176 cm³/mol. The monoisotopic (exact) mass is 644 g/mol. The maximum Gasteiger partial charge on any atom is 0.310 e. The zero-order valence-corrected chi connectivity index (χ0v) is 27.7. The van der Waals surface area contributed by atoms with Crippen LogP contribution in [0.15, 0.2) is 9.70 Å². The number of rotatable bonds is 16. The molecular weight excluding hydrogens is 601 g/mol. The van der Waals surface area contributed by atoms with E-state index in [1.54, 1.807) is 29.4 Å². The molecule has 0 radical (unpaired) electrons. The molecule has 0 spiro atoms. The molecule has 10 nitrogen and oxygen atoms in total. The number of carboxylic acid groups (broad SMARTS) is 1. The fourth-order valence-corrected chi connectivity index (χ4v) is 7.12. The van der Waals surface area contributed by atoms with Gasteiger partial charge in [-0.05, 0) is 58.1 Å². The van der Waals surface area contributed by atoms with Crippen LogP contribution in [0.3, 0.4) is 0 Å². The summed E-state index contributed by atoms with van der Waals surface area (Å²) in [6.45, 7) is 7.52. The summed E-state index contributed by atoms with van der Waals surface area (Å²) in [6.07, 6.45) is 11.1. The molecule has 44 heavy (non-hydrogen) atoms. The maximum absolute atomic E-state index is 13.5. The second kappa shape index (κ2) is 17.4. The molecule has 0 bridgehead atoms. The number of carboxylic acids is 1. The van der Waals surface area contributed by atoms with Crippen molar-refractivity contribution in [1.29, 1.82) is 5.26 Å². The Morgan fingerprint density at radius 2 is 1.77 bits per heavy atom. The Balaban J connectivity index is 1.76. The van der Waals surface area contributed by atoms with E-state index in [2.05, 4.69) is 6.07 Å². The van der Waals surface area contributed by atoms with Gasteiger partial charge in [0.1, 0.15) is 21.8 Å². The molecule has 12 heteroatoms. The number of unbranched alkanes of at least 4 members (excludes halogenated alkanes) is 7. The van der Waals surface area contributed by atoms with Crippen LogP contribution < -0.4 is 10.5 Å². The largest absolute Gasteiger partial charge is 0.481 e. The molecule has 0 aliphatic carbocycles. The molecular formula is C32H44N4O6S2. The number of amides is 1. The van der Waals surface area contributed by atoms with Gasteiger partial charge in [-0.1, -0.05) is 62.5 Å². The Morgan fingerprint density at radius 3 is 2.39 bits per heavy atom. The fraction of sp³-hybridized carbons (Fsp3) is 0.625. The number of piperidine rings is 1. The number of thiocarbonyl (C=S) groups is 1. The Labute approximate surface area is 269 Å². The van der Waals surface area contributed by atoms with Gasteiger partial charge in [-0.15, -0.1) is 0 Å². The zero-order valence-electron chi connectivity index (χ0n) is 26.1. The Morgan fingerprint density at radius 1 is 1.11 bits per heavy atom. The number of nitrogens with zero attached hydrogens (tertiary/aromatic N) is 4. The summed E-state index contributed by atoms with van der Waals surface area (Å²) >= 11 is 6.81. The molecule has 2 aliphatic heterocycles. The minimum atomic E-state index is -0.742. The van der Waals surface area contributed by atoms with Crippen molar-refractivity contribution in [3.63, 3.8) is 0 Å². The highest BCUT2D eigenvalue weighted by Crippen LogP contribution is 2.37. The quantitative estimate of drug-likeness (QED) is 0.105. The molecule has 2 aliphatic rings. The molecule has 0 aromatic carbocycles. The number of aliphatic carboxylic acids is 1. The van der Waals surface area contributed by atoms with Gasteiger partial charge in [-0.3, -0.25) is 28.6 Å². The summed E-state index contributed by atoms with van der Waals surface area (Å²) in [5, 5.41) is 18.6. The average Bonchev–Trinajstić information content (AvgIpc) is 3.26. The summed E-state index contributed by atoms with van der Waals surface area (Å²) < 4.78 is 7.34. The van der Waals surface area contributed by atoms with Crippen molar-refractivity contribution in [3.05, 3.63) is 31.9 Å². The van der Waals surface area contributed by atoms with Crippen LogP contribution in [0.4, 0.5) is 5.82 Å². The first-order valence-electron chi connectivity index (χ1n) is 15.7. The first-order chi connectivity index (χ1) is 21.1. The summed E-state index contributed by atoms with van der Waals surface area (Å²) in [6, 6.07) is 2.06. The lowest BCUT2D eigenvalue weighted by Crippen LogP contribution is -2.43. The van der Waals surface area contributed by atoms with E-state index in [1.165, 1.54) is 11.8 Å². The number of nitriles is 1. The van der Waals surface area contributed by atoms with Crippen LogP contribution in [0.25, 0.3) is 6.08 Å². The van der Waals surface area contributed by atoms with E-state index in [1.807, 2.05) is 11.8 Å². The van der Waals surface area contributed by atoms with Crippen LogP contribution in [0, 0.1) is 24.2 Å². The van der Waals surface area contributed by atoms with Crippen molar-refractivity contribution in [2.75, 3.05) is 31.1 Å². The van der Waals surface area contributed by atoms with E-state index in [0.29, 0.717) is 65.4 Å². The van der Waals surface area contributed by atoms with Crippen molar-refractivity contribution < 1.29 is 24.2 Å². The van der Waals surface area contributed by atoms with E-state index in [-0.39, 0.29) is 35.3 Å². The number of carbonyl (C=O) groups excluding carboxylic acids is 2.